The maximum atomic E-state index is 14.0. The molecule has 37 heavy (non-hydrogen) atoms. The molecule has 1 saturated heterocycles. The standard InChI is InChI=1S/C29H28FN5OS/c1-19-18-22(20(2)35(19)21-10-4-3-5-11-21)28-27(25-14-8-9-16-31-25)33-29(37)34(28)17-15-26(36)32-24-13-7-6-12-23(24)30/h3-14,16,18,27-28H,15,17H2,1-2H3,(H,32,36)(H,33,37)/t27-,28-/m1/s1. The SMILES string of the molecule is Cc1cc([C@@H]2[C@@H](c3ccccn3)NC(=S)N2CCC(=O)Nc2ccccc2F)c(C)n1-c1ccccc1. The molecule has 0 spiro atoms. The number of hydrogen-bond donors (Lipinski definition) is 2. The number of para-hydroxylation sites is 2. The minimum Gasteiger partial charge on any atom is -0.352 e. The summed E-state index contributed by atoms with van der Waals surface area (Å²) in [6, 6.07) is 24.0. The van der Waals surface area contributed by atoms with Gasteiger partial charge in [0, 0.05) is 36.2 Å². The molecule has 3 heterocycles. The molecule has 0 aliphatic carbocycles. The van der Waals surface area contributed by atoms with Crippen LogP contribution in [0.15, 0.2) is 85.1 Å². The Labute approximate surface area is 221 Å². The Morgan fingerprint density at radius 3 is 2.51 bits per heavy atom. The molecule has 2 atom stereocenters. The number of anilines is 1. The first-order valence-electron chi connectivity index (χ1n) is 12.2. The van der Waals surface area contributed by atoms with Gasteiger partial charge in [0.25, 0.3) is 0 Å². The van der Waals surface area contributed by atoms with Crippen LogP contribution in [0.4, 0.5) is 10.1 Å². The van der Waals surface area contributed by atoms with E-state index < -0.39 is 5.82 Å². The highest BCUT2D eigenvalue weighted by Crippen LogP contribution is 2.41. The summed E-state index contributed by atoms with van der Waals surface area (Å²) in [6.45, 7) is 4.57. The first-order chi connectivity index (χ1) is 17.9. The minimum atomic E-state index is -0.462. The van der Waals surface area contributed by atoms with E-state index in [0.717, 1.165) is 28.3 Å². The number of hydrogen-bond acceptors (Lipinski definition) is 3. The molecule has 1 aliphatic heterocycles. The van der Waals surface area contributed by atoms with Crippen molar-refractivity contribution >= 4 is 28.9 Å². The summed E-state index contributed by atoms with van der Waals surface area (Å²) in [4.78, 5) is 19.4. The van der Waals surface area contributed by atoms with Crippen molar-refractivity contribution in [2.45, 2.75) is 32.4 Å². The van der Waals surface area contributed by atoms with Crippen LogP contribution in [0.25, 0.3) is 5.69 Å². The third kappa shape index (κ3) is 4.97. The molecular formula is C29H28FN5OS. The fourth-order valence-corrected chi connectivity index (χ4v) is 5.38. The molecule has 1 aliphatic rings. The molecule has 0 radical (unpaired) electrons. The zero-order valence-corrected chi connectivity index (χ0v) is 21.5. The van der Waals surface area contributed by atoms with Gasteiger partial charge in [-0.3, -0.25) is 9.78 Å². The van der Waals surface area contributed by atoms with Gasteiger partial charge in [-0.15, -0.1) is 0 Å². The van der Waals surface area contributed by atoms with Gasteiger partial charge in [0.1, 0.15) is 5.82 Å². The molecule has 2 N–H and O–H groups in total. The summed E-state index contributed by atoms with van der Waals surface area (Å²) in [5.74, 6) is -0.738. The highest BCUT2D eigenvalue weighted by molar-refractivity contribution is 7.80. The molecule has 188 valence electrons. The van der Waals surface area contributed by atoms with Crippen LogP contribution in [-0.4, -0.2) is 32.0 Å². The average Bonchev–Trinajstić information content (AvgIpc) is 3.39. The van der Waals surface area contributed by atoms with Crippen LogP contribution in [0.3, 0.4) is 0 Å². The summed E-state index contributed by atoms with van der Waals surface area (Å²) >= 11 is 5.76. The number of thiocarbonyl (C=S) groups is 1. The number of aryl methyl sites for hydroxylation is 1. The molecule has 0 saturated carbocycles. The van der Waals surface area contributed by atoms with E-state index in [1.165, 1.54) is 6.07 Å². The molecule has 5 rings (SSSR count). The van der Waals surface area contributed by atoms with Gasteiger partial charge in [-0.1, -0.05) is 36.4 Å². The van der Waals surface area contributed by atoms with E-state index in [4.69, 9.17) is 12.2 Å². The second kappa shape index (κ2) is 10.5. The van der Waals surface area contributed by atoms with E-state index in [1.54, 1.807) is 24.4 Å². The number of amides is 1. The van der Waals surface area contributed by atoms with E-state index in [1.807, 2.05) is 41.3 Å². The van der Waals surface area contributed by atoms with Gasteiger partial charge in [0.2, 0.25) is 5.91 Å². The molecule has 1 amide bonds. The zero-order valence-electron chi connectivity index (χ0n) is 20.7. The fourth-order valence-electron chi connectivity index (χ4n) is 5.04. The summed E-state index contributed by atoms with van der Waals surface area (Å²) in [6.07, 6.45) is 1.92. The van der Waals surface area contributed by atoms with Crippen LogP contribution in [0.1, 0.15) is 41.1 Å². The van der Waals surface area contributed by atoms with Crippen molar-refractivity contribution in [1.82, 2.24) is 19.8 Å². The van der Waals surface area contributed by atoms with Gasteiger partial charge in [0.15, 0.2) is 5.11 Å². The lowest BCUT2D eigenvalue weighted by atomic mass is 9.96. The number of aromatic nitrogens is 2. The van der Waals surface area contributed by atoms with Crippen molar-refractivity contribution in [3.05, 3.63) is 114 Å². The first-order valence-corrected chi connectivity index (χ1v) is 12.6. The Bertz CT molecular complexity index is 1420. The molecule has 6 nitrogen and oxygen atoms in total. The smallest absolute Gasteiger partial charge is 0.226 e. The third-order valence-electron chi connectivity index (χ3n) is 6.73. The Balaban J connectivity index is 1.47. The largest absolute Gasteiger partial charge is 0.352 e. The monoisotopic (exact) mass is 513 g/mol. The summed E-state index contributed by atoms with van der Waals surface area (Å²) in [5, 5.41) is 6.67. The molecule has 2 aromatic carbocycles. The normalized spacial score (nSPS) is 17.1. The Kier molecular flexibility index (Phi) is 7.01. The van der Waals surface area contributed by atoms with Gasteiger partial charge < -0.3 is 20.1 Å². The first kappa shape index (κ1) is 24.6. The maximum absolute atomic E-state index is 14.0. The van der Waals surface area contributed by atoms with Gasteiger partial charge in [0.05, 0.1) is 23.5 Å². The van der Waals surface area contributed by atoms with Crippen LogP contribution in [-0.2, 0) is 4.79 Å². The highest BCUT2D eigenvalue weighted by atomic mass is 32.1. The fraction of sp³-hybridized carbons (Fsp3) is 0.207. The van der Waals surface area contributed by atoms with Crippen molar-refractivity contribution < 1.29 is 9.18 Å². The Morgan fingerprint density at radius 2 is 1.78 bits per heavy atom. The quantitative estimate of drug-likeness (QED) is 0.314. The number of nitrogens with zero attached hydrogens (tertiary/aromatic N) is 3. The molecule has 2 aromatic heterocycles. The van der Waals surface area contributed by atoms with Crippen molar-refractivity contribution in [1.29, 1.82) is 0 Å². The van der Waals surface area contributed by atoms with Crippen molar-refractivity contribution in [2.24, 2.45) is 0 Å². The molecule has 1 fully saturated rings. The zero-order chi connectivity index (χ0) is 25.9. The van der Waals surface area contributed by atoms with Gasteiger partial charge in [-0.05, 0) is 74.1 Å². The Morgan fingerprint density at radius 1 is 1.05 bits per heavy atom. The van der Waals surface area contributed by atoms with Crippen LogP contribution in [0, 0.1) is 19.7 Å². The average molecular weight is 514 g/mol. The molecule has 8 heteroatoms. The van der Waals surface area contributed by atoms with Crippen LogP contribution in [0.2, 0.25) is 0 Å². The lowest BCUT2D eigenvalue weighted by Gasteiger charge is -2.28. The minimum absolute atomic E-state index is 0.152. The number of rotatable bonds is 7. The predicted octanol–water partition coefficient (Wildman–Crippen LogP) is 5.63. The van der Waals surface area contributed by atoms with E-state index in [9.17, 15) is 9.18 Å². The third-order valence-corrected chi connectivity index (χ3v) is 7.08. The van der Waals surface area contributed by atoms with Gasteiger partial charge >= 0.3 is 0 Å². The number of carbonyl (C=O) groups is 1. The van der Waals surface area contributed by atoms with Crippen molar-refractivity contribution in [2.75, 3.05) is 11.9 Å². The van der Waals surface area contributed by atoms with E-state index in [-0.39, 0.29) is 30.1 Å². The summed E-state index contributed by atoms with van der Waals surface area (Å²) in [7, 11) is 0. The number of benzene rings is 2. The van der Waals surface area contributed by atoms with Gasteiger partial charge in [-0.2, -0.15) is 0 Å². The van der Waals surface area contributed by atoms with Gasteiger partial charge in [-0.25, -0.2) is 4.39 Å². The maximum Gasteiger partial charge on any atom is 0.226 e. The summed E-state index contributed by atoms with van der Waals surface area (Å²) in [5.41, 5.74) is 5.44. The topological polar surface area (TPSA) is 62.2 Å². The summed E-state index contributed by atoms with van der Waals surface area (Å²) < 4.78 is 16.3. The molecule has 0 bridgehead atoms. The van der Waals surface area contributed by atoms with E-state index in [0.29, 0.717) is 11.7 Å². The lowest BCUT2D eigenvalue weighted by molar-refractivity contribution is -0.116. The molecule has 4 aromatic rings. The second-order valence-electron chi connectivity index (χ2n) is 9.10. The van der Waals surface area contributed by atoms with Crippen LogP contribution in [0.5, 0.6) is 0 Å². The van der Waals surface area contributed by atoms with E-state index in [2.05, 4.69) is 52.2 Å². The second-order valence-corrected chi connectivity index (χ2v) is 9.48. The number of pyridine rings is 1. The number of halogens is 1. The number of nitrogens with one attached hydrogen (secondary N) is 2. The highest BCUT2D eigenvalue weighted by Gasteiger charge is 2.41. The van der Waals surface area contributed by atoms with Crippen molar-refractivity contribution in [3.8, 4) is 5.69 Å². The van der Waals surface area contributed by atoms with Crippen LogP contribution < -0.4 is 10.6 Å². The lowest BCUT2D eigenvalue weighted by Crippen LogP contribution is -2.33. The molecule has 0 unspecified atom stereocenters. The number of carbonyl (C=O) groups excluding carboxylic acids is 1. The molecular weight excluding hydrogens is 485 g/mol. The van der Waals surface area contributed by atoms with Crippen LogP contribution >= 0.6 is 12.2 Å². The Hall–Kier alpha value is -4.04. The van der Waals surface area contributed by atoms with Crippen molar-refractivity contribution in [3.63, 3.8) is 0 Å². The predicted molar refractivity (Wildman–Crippen MR) is 147 cm³/mol. The van der Waals surface area contributed by atoms with E-state index >= 15 is 0 Å².